The fraction of sp³-hybridized carbons (Fsp3) is 0.143. The summed E-state index contributed by atoms with van der Waals surface area (Å²) >= 11 is 7.17. The Balaban J connectivity index is 1.81. The molecule has 9 heteroatoms. The van der Waals surface area contributed by atoms with Crippen LogP contribution in [-0.4, -0.2) is 28.2 Å². The van der Waals surface area contributed by atoms with Crippen molar-refractivity contribution in [2.75, 3.05) is 12.4 Å². The van der Waals surface area contributed by atoms with Crippen LogP contribution in [0.2, 0.25) is 5.02 Å². The molecule has 0 bridgehead atoms. The average molecular weight is 441 g/mol. The lowest BCUT2D eigenvalue weighted by Crippen LogP contribution is -2.23. The SMILES string of the molecule is COc1ccc(NC(=O)C(C)Sc2nc(-c3ccccc3)c(C#N)c(=O)[nH]2)cc1Cl. The van der Waals surface area contributed by atoms with Crippen molar-refractivity contribution in [1.82, 2.24) is 9.97 Å². The molecule has 3 rings (SSSR count). The molecular weight excluding hydrogens is 424 g/mol. The number of hydrogen-bond acceptors (Lipinski definition) is 6. The number of hydrogen-bond donors (Lipinski definition) is 2. The lowest BCUT2D eigenvalue weighted by Gasteiger charge is -2.13. The summed E-state index contributed by atoms with van der Waals surface area (Å²) in [7, 11) is 1.51. The van der Waals surface area contributed by atoms with E-state index in [0.717, 1.165) is 11.8 Å². The Bertz CT molecular complexity index is 1180. The monoisotopic (exact) mass is 440 g/mol. The Morgan fingerprint density at radius 1 is 1.30 bits per heavy atom. The molecule has 1 amide bonds. The molecule has 0 saturated carbocycles. The van der Waals surface area contributed by atoms with Crippen LogP contribution in [0.4, 0.5) is 5.69 Å². The second kappa shape index (κ2) is 9.48. The van der Waals surface area contributed by atoms with E-state index in [9.17, 15) is 14.9 Å². The highest BCUT2D eigenvalue weighted by Crippen LogP contribution is 2.28. The van der Waals surface area contributed by atoms with Gasteiger partial charge in [-0.1, -0.05) is 53.7 Å². The van der Waals surface area contributed by atoms with Crippen molar-refractivity contribution < 1.29 is 9.53 Å². The van der Waals surface area contributed by atoms with E-state index in [1.807, 2.05) is 12.1 Å². The van der Waals surface area contributed by atoms with E-state index in [2.05, 4.69) is 15.3 Å². The zero-order valence-electron chi connectivity index (χ0n) is 16.1. The number of ether oxygens (including phenoxy) is 1. The predicted octanol–water partition coefficient (Wildman–Crippen LogP) is 4.09. The van der Waals surface area contributed by atoms with E-state index < -0.39 is 10.8 Å². The number of amides is 1. The molecular formula is C21H17ClN4O3S. The van der Waals surface area contributed by atoms with E-state index in [1.165, 1.54) is 7.11 Å². The highest BCUT2D eigenvalue weighted by molar-refractivity contribution is 8.00. The van der Waals surface area contributed by atoms with Crippen LogP contribution >= 0.6 is 23.4 Å². The number of halogens is 1. The molecule has 0 saturated heterocycles. The second-order valence-electron chi connectivity index (χ2n) is 6.17. The third kappa shape index (κ3) is 4.82. The number of carbonyl (C=O) groups is 1. The summed E-state index contributed by atoms with van der Waals surface area (Å²) in [5, 5.41) is 12.2. The third-order valence-corrected chi connectivity index (χ3v) is 5.41. The fourth-order valence-electron chi connectivity index (χ4n) is 2.63. The number of anilines is 1. The van der Waals surface area contributed by atoms with Gasteiger partial charge in [-0.3, -0.25) is 9.59 Å². The van der Waals surface area contributed by atoms with Gasteiger partial charge in [0, 0.05) is 11.3 Å². The number of aromatic nitrogens is 2. The van der Waals surface area contributed by atoms with Gasteiger partial charge in [0.25, 0.3) is 5.56 Å². The van der Waals surface area contributed by atoms with Gasteiger partial charge in [-0.2, -0.15) is 5.26 Å². The van der Waals surface area contributed by atoms with Gasteiger partial charge in [0.15, 0.2) is 5.16 Å². The van der Waals surface area contributed by atoms with Crippen LogP contribution in [0, 0.1) is 11.3 Å². The van der Waals surface area contributed by atoms with Crippen molar-refractivity contribution in [2.45, 2.75) is 17.3 Å². The van der Waals surface area contributed by atoms with Crippen LogP contribution in [0.15, 0.2) is 58.5 Å². The quantitative estimate of drug-likeness (QED) is 0.441. The number of nitrogens with one attached hydrogen (secondary N) is 2. The topological polar surface area (TPSA) is 108 Å². The summed E-state index contributed by atoms with van der Waals surface area (Å²) in [6.45, 7) is 1.69. The van der Waals surface area contributed by atoms with Crippen molar-refractivity contribution in [3.8, 4) is 23.1 Å². The van der Waals surface area contributed by atoms with Crippen molar-refractivity contribution in [1.29, 1.82) is 5.26 Å². The molecule has 3 aromatic rings. The Morgan fingerprint density at radius 2 is 2.03 bits per heavy atom. The second-order valence-corrected chi connectivity index (χ2v) is 7.91. The summed E-state index contributed by atoms with van der Waals surface area (Å²) in [4.78, 5) is 31.9. The summed E-state index contributed by atoms with van der Waals surface area (Å²) < 4.78 is 5.10. The lowest BCUT2D eigenvalue weighted by molar-refractivity contribution is -0.115. The van der Waals surface area contributed by atoms with Crippen LogP contribution in [0.1, 0.15) is 12.5 Å². The number of H-pyrrole nitrogens is 1. The Kier molecular flexibility index (Phi) is 6.77. The van der Waals surface area contributed by atoms with E-state index in [1.54, 1.807) is 49.4 Å². The van der Waals surface area contributed by atoms with Gasteiger partial charge in [0.2, 0.25) is 5.91 Å². The Morgan fingerprint density at radius 3 is 2.67 bits per heavy atom. The maximum absolute atomic E-state index is 12.6. The van der Waals surface area contributed by atoms with Gasteiger partial charge in [0.1, 0.15) is 17.4 Å². The Hall–Kier alpha value is -3.28. The number of rotatable bonds is 6. The highest BCUT2D eigenvalue weighted by Gasteiger charge is 2.19. The molecule has 30 heavy (non-hydrogen) atoms. The minimum absolute atomic E-state index is 0.0736. The lowest BCUT2D eigenvalue weighted by atomic mass is 10.1. The molecule has 1 atom stereocenters. The predicted molar refractivity (Wildman–Crippen MR) is 117 cm³/mol. The molecule has 7 nitrogen and oxygen atoms in total. The standard InChI is InChI=1S/C21H17ClN4O3S/c1-12(19(27)24-14-8-9-17(29-2)16(22)10-14)30-21-25-18(13-6-4-3-5-7-13)15(11-23)20(28)26-21/h3-10,12H,1-2H3,(H,24,27)(H,25,26,28). The first kappa shape index (κ1) is 21.4. The number of nitrogens with zero attached hydrogens (tertiary/aromatic N) is 2. The van der Waals surface area contributed by atoms with Crippen LogP contribution in [-0.2, 0) is 4.79 Å². The van der Waals surface area contributed by atoms with Crippen LogP contribution in [0.3, 0.4) is 0 Å². The molecule has 0 spiro atoms. The van der Waals surface area contributed by atoms with Crippen molar-refractivity contribution in [3.63, 3.8) is 0 Å². The first-order valence-corrected chi connectivity index (χ1v) is 10.1. The average Bonchev–Trinajstić information content (AvgIpc) is 2.74. The maximum atomic E-state index is 12.6. The minimum atomic E-state index is -0.578. The zero-order chi connectivity index (χ0) is 21.7. The van der Waals surface area contributed by atoms with Gasteiger partial charge in [-0.05, 0) is 25.1 Å². The number of nitriles is 1. The zero-order valence-corrected chi connectivity index (χ0v) is 17.7. The molecule has 0 radical (unpaired) electrons. The summed E-state index contributed by atoms with van der Waals surface area (Å²) in [5.41, 5.74) is 0.814. The van der Waals surface area contributed by atoms with Crippen LogP contribution < -0.4 is 15.6 Å². The summed E-state index contributed by atoms with van der Waals surface area (Å²) in [6.07, 6.45) is 0. The Labute approximate surface area is 182 Å². The maximum Gasteiger partial charge on any atom is 0.270 e. The van der Waals surface area contributed by atoms with Crippen LogP contribution in [0.25, 0.3) is 11.3 Å². The molecule has 1 heterocycles. The number of thioether (sulfide) groups is 1. The van der Waals surface area contributed by atoms with Gasteiger partial charge in [-0.15, -0.1) is 0 Å². The minimum Gasteiger partial charge on any atom is -0.495 e. The van der Waals surface area contributed by atoms with E-state index >= 15 is 0 Å². The van der Waals surface area contributed by atoms with Crippen molar-refractivity contribution >= 4 is 35.0 Å². The largest absolute Gasteiger partial charge is 0.495 e. The molecule has 0 aliphatic rings. The van der Waals surface area contributed by atoms with Gasteiger partial charge in [-0.25, -0.2) is 4.98 Å². The number of methoxy groups -OCH3 is 1. The molecule has 0 aliphatic heterocycles. The molecule has 1 aromatic heterocycles. The summed E-state index contributed by atoms with van der Waals surface area (Å²) in [6, 6.07) is 15.8. The first-order chi connectivity index (χ1) is 14.4. The van der Waals surface area contributed by atoms with Gasteiger partial charge >= 0.3 is 0 Å². The number of benzene rings is 2. The molecule has 2 N–H and O–H groups in total. The third-order valence-electron chi connectivity index (χ3n) is 4.13. The first-order valence-electron chi connectivity index (χ1n) is 8.83. The van der Waals surface area contributed by atoms with E-state index in [4.69, 9.17) is 16.3 Å². The normalized spacial score (nSPS) is 11.4. The van der Waals surface area contributed by atoms with Crippen molar-refractivity contribution in [3.05, 3.63) is 69.5 Å². The van der Waals surface area contributed by atoms with Gasteiger partial charge in [0.05, 0.1) is 23.1 Å². The number of aromatic amines is 1. The fourth-order valence-corrected chi connectivity index (χ4v) is 3.68. The van der Waals surface area contributed by atoms with E-state index in [-0.39, 0.29) is 22.3 Å². The molecule has 152 valence electrons. The number of carbonyl (C=O) groups excluding carboxylic acids is 1. The summed E-state index contributed by atoms with van der Waals surface area (Å²) in [5.74, 6) is 0.208. The van der Waals surface area contributed by atoms with Crippen LogP contribution in [0.5, 0.6) is 5.75 Å². The molecule has 0 aliphatic carbocycles. The van der Waals surface area contributed by atoms with E-state index in [0.29, 0.717) is 22.0 Å². The molecule has 1 unspecified atom stereocenters. The van der Waals surface area contributed by atoms with Crippen molar-refractivity contribution in [2.24, 2.45) is 0 Å². The molecule has 0 fully saturated rings. The smallest absolute Gasteiger partial charge is 0.270 e. The molecule has 2 aromatic carbocycles. The van der Waals surface area contributed by atoms with Gasteiger partial charge < -0.3 is 15.0 Å². The highest BCUT2D eigenvalue weighted by atomic mass is 35.5.